The van der Waals surface area contributed by atoms with E-state index in [-0.39, 0.29) is 17.2 Å². The van der Waals surface area contributed by atoms with Crippen LogP contribution in [-0.4, -0.2) is 37.6 Å². The number of rotatable bonds is 3. The van der Waals surface area contributed by atoms with E-state index < -0.39 is 10.0 Å². The predicted molar refractivity (Wildman–Crippen MR) is 71.2 cm³/mol. The summed E-state index contributed by atoms with van der Waals surface area (Å²) in [5.41, 5.74) is 5.67. The van der Waals surface area contributed by atoms with Crippen LogP contribution in [0.4, 0.5) is 0 Å². The van der Waals surface area contributed by atoms with Gasteiger partial charge in [-0.25, -0.2) is 12.7 Å². The minimum Gasteiger partial charge on any atom is -0.328 e. The Bertz CT molecular complexity index is 336. The summed E-state index contributed by atoms with van der Waals surface area (Å²) in [5.74, 6) is 0.694. The molecule has 0 saturated carbocycles. The van der Waals surface area contributed by atoms with Gasteiger partial charge in [0.1, 0.15) is 0 Å². The van der Waals surface area contributed by atoms with Crippen LogP contribution in [0.3, 0.4) is 0 Å². The molecule has 0 aromatic heterocycles. The van der Waals surface area contributed by atoms with Crippen molar-refractivity contribution in [2.45, 2.75) is 46.6 Å². The maximum Gasteiger partial charge on any atom is 0.214 e. The van der Waals surface area contributed by atoms with E-state index in [1.165, 1.54) is 0 Å². The van der Waals surface area contributed by atoms with E-state index in [0.717, 1.165) is 12.8 Å². The Morgan fingerprint density at radius 3 is 2.12 bits per heavy atom. The van der Waals surface area contributed by atoms with Gasteiger partial charge in [0.2, 0.25) is 10.0 Å². The Morgan fingerprint density at radius 2 is 1.76 bits per heavy atom. The van der Waals surface area contributed by atoms with E-state index in [2.05, 4.69) is 0 Å². The first-order valence-electron chi connectivity index (χ1n) is 6.35. The number of nitrogens with zero attached hydrogens (tertiary/aromatic N) is 1. The van der Waals surface area contributed by atoms with Gasteiger partial charge in [-0.3, -0.25) is 0 Å². The molecule has 0 radical (unpaired) electrons. The van der Waals surface area contributed by atoms with Crippen LogP contribution in [0.15, 0.2) is 0 Å². The molecule has 0 bridgehead atoms. The van der Waals surface area contributed by atoms with Crippen LogP contribution in [0.5, 0.6) is 0 Å². The molecule has 2 N–H and O–H groups in total. The summed E-state index contributed by atoms with van der Waals surface area (Å²) in [4.78, 5) is 0. The smallest absolute Gasteiger partial charge is 0.214 e. The lowest BCUT2D eigenvalue weighted by molar-refractivity contribution is 0.248. The molecule has 1 unspecified atom stereocenters. The minimum atomic E-state index is -3.10. The highest BCUT2D eigenvalue weighted by molar-refractivity contribution is 7.89. The Balaban J connectivity index is 2.59. The second-order valence-corrected chi connectivity index (χ2v) is 8.38. The molecule has 0 aliphatic carbocycles. The quantitative estimate of drug-likeness (QED) is 0.836. The summed E-state index contributed by atoms with van der Waals surface area (Å²) in [6.07, 6.45) is 1.78. The van der Waals surface area contributed by atoms with Crippen molar-refractivity contribution in [3.63, 3.8) is 0 Å². The molecule has 1 aliphatic heterocycles. The lowest BCUT2D eigenvalue weighted by Crippen LogP contribution is -2.44. The van der Waals surface area contributed by atoms with Gasteiger partial charge in [-0.1, -0.05) is 20.8 Å². The number of sulfonamides is 1. The molecule has 1 saturated heterocycles. The van der Waals surface area contributed by atoms with Crippen molar-refractivity contribution in [1.82, 2.24) is 4.31 Å². The fraction of sp³-hybridized carbons (Fsp3) is 1.00. The fourth-order valence-corrected chi connectivity index (χ4v) is 4.36. The average Bonchev–Trinajstić information content (AvgIpc) is 2.14. The van der Waals surface area contributed by atoms with Gasteiger partial charge >= 0.3 is 0 Å². The molecule has 1 rings (SSSR count). The lowest BCUT2D eigenvalue weighted by atomic mass is 9.92. The first-order chi connectivity index (χ1) is 7.62. The van der Waals surface area contributed by atoms with Gasteiger partial charge in [-0.05, 0) is 31.1 Å². The number of hydrogen-bond donors (Lipinski definition) is 1. The Morgan fingerprint density at radius 1 is 1.29 bits per heavy atom. The standard InChI is InChI=1S/C12H26N2O2S/c1-10(13)11-5-7-14(8-6-11)17(15,16)9-12(2,3)4/h10-11H,5-9,13H2,1-4H3. The normalized spacial score (nSPS) is 22.6. The van der Waals surface area contributed by atoms with Gasteiger partial charge in [0, 0.05) is 19.1 Å². The highest BCUT2D eigenvalue weighted by Crippen LogP contribution is 2.25. The third-order valence-electron chi connectivity index (χ3n) is 3.25. The van der Waals surface area contributed by atoms with Gasteiger partial charge < -0.3 is 5.73 Å². The van der Waals surface area contributed by atoms with E-state index in [1.54, 1.807) is 4.31 Å². The summed E-state index contributed by atoms with van der Waals surface area (Å²) >= 11 is 0. The Labute approximate surface area is 106 Å². The molecular weight excluding hydrogens is 236 g/mol. The predicted octanol–water partition coefficient (Wildman–Crippen LogP) is 1.42. The van der Waals surface area contributed by atoms with Crippen molar-refractivity contribution in [3.8, 4) is 0 Å². The molecule has 1 heterocycles. The number of hydrogen-bond acceptors (Lipinski definition) is 3. The highest BCUT2D eigenvalue weighted by Gasteiger charge is 2.32. The molecular formula is C12H26N2O2S. The Hall–Kier alpha value is -0.130. The molecule has 0 spiro atoms. The first-order valence-corrected chi connectivity index (χ1v) is 7.96. The summed E-state index contributed by atoms with van der Waals surface area (Å²) < 4.78 is 26.0. The van der Waals surface area contributed by atoms with E-state index >= 15 is 0 Å². The van der Waals surface area contributed by atoms with E-state index in [1.807, 2.05) is 27.7 Å². The van der Waals surface area contributed by atoms with E-state index in [0.29, 0.717) is 19.0 Å². The maximum absolute atomic E-state index is 12.2. The van der Waals surface area contributed by atoms with Gasteiger partial charge in [0.15, 0.2) is 0 Å². The maximum atomic E-state index is 12.2. The highest BCUT2D eigenvalue weighted by atomic mass is 32.2. The van der Waals surface area contributed by atoms with Crippen molar-refractivity contribution >= 4 is 10.0 Å². The van der Waals surface area contributed by atoms with Gasteiger partial charge in [0.25, 0.3) is 0 Å². The van der Waals surface area contributed by atoms with Crippen molar-refractivity contribution in [2.75, 3.05) is 18.8 Å². The molecule has 1 atom stereocenters. The van der Waals surface area contributed by atoms with Gasteiger partial charge in [0.05, 0.1) is 5.75 Å². The SMILES string of the molecule is CC(N)C1CCN(S(=O)(=O)CC(C)(C)C)CC1. The third-order valence-corrected chi connectivity index (χ3v) is 5.63. The summed E-state index contributed by atoms with van der Waals surface area (Å²) in [5, 5.41) is 0. The second-order valence-electron chi connectivity index (χ2n) is 6.41. The summed E-state index contributed by atoms with van der Waals surface area (Å²) in [6.45, 7) is 9.14. The van der Waals surface area contributed by atoms with Crippen molar-refractivity contribution in [2.24, 2.45) is 17.1 Å². The van der Waals surface area contributed by atoms with Gasteiger partial charge in [-0.2, -0.15) is 0 Å². The first kappa shape index (κ1) is 14.9. The number of nitrogens with two attached hydrogens (primary N) is 1. The van der Waals surface area contributed by atoms with Crippen LogP contribution < -0.4 is 5.73 Å². The second kappa shape index (κ2) is 5.24. The zero-order chi connectivity index (χ0) is 13.3. The molecule has 1 fully saturated rings. The van der Waals surface area contributed by atoms with Crippen molar-refractivity contribution in [1.29, 1.82) is 0 Å². The summed E-state index contributed by atoms with van der Waals surface area (Å²) in [7, 11) is -3.10. The van der Waals surface area contributed by atoms with Crippen LogP contribution in [0.2, 0.25) is 0 Å². The molecule has 0 amide bonds. The summed E-state index contributed by atoms with van der Waals surface area (Å²) in [6, 6.07) is 0.169. The van der Waals surface area contributed by atoms with Crippen LogP contribution in [0.1, 0.15) is 40.5 Å². The molecule has 17 heavy (non-hydrogen) atoms. The van der Waals surface area contributed by atoms with Crippen LogP contribution >= 0.6 is 0 Å². The van der Waals surface area contributed by atoms with E-state index in [4.69, 9.17) is 5.73 Å². The zero-order valence-electron chi connectivity index (χ0n) is 11.4. The molecule has 0 aromatic carbocycles. The van der Waals surface area contributed by atoms with Crippen LogP contribution in [-0.2, 0) is 10.0 Å². The van der Waals surface area contributed by atoms with Crippen molar-refractivity contribution in [3.05, 3.63) is 0 Å². The lowest BCUT2D eigenvalue weighted by Gasteiger charge is -2.34. The monoisotopic (exact) mass is 262 g/mol. The van der Waals surface area contributed by atoms with Gasteiger partial charge in [-0.15, -0.1) is 0 Å². The topological polar surface area (TPSA) is 63.4 Å². The third kappa shape index (κ3) is 4.56. The largest absolute Gasteiger partial charge is 0.328 e. The number of piperidine rings is 1. The van der Waals surface area contributed by atoms with Crippen LogP contribution in [0.25, 0.3) is 0 Å². The minimum absolute atomic E-state index is 0.169. The fourth-order valence-electron chi connectivity index (χ4n) is 2.32. The molecule has 5 heteroatoms. The van der Waals surface area contributed by atoms with Crippen molar-refractivity contribution < 1.29 is 8.42 Å². The zero-order valence-corrected chi connectivity index (χ0v) is 12.3. The van der Waals surface area contributed by atoms with E-state index in [9.17, 15) is 8.42 Å². The van der Waals surface area contributed by atoms with Crippen LogP contribution in [0, 0.1) is 11.3 Å². The molecule has 102 valence electrons. The average molecular weight is 262 g/mol. The molecule has 4 nitrogen and oxygen atoms in total. The Kier molecular flexibility index (Phi) is 4.60. The molecule has 0 aromatic rings. The molecule has 1 aliphatic rings.